The third kappa shape index (κ3) is 21.0. The summed E-state index contributed by atoms with van der Waals surface area (Å²) in [5.41, 5.74) is 14.5. The average Bonchev–Trinajstić information content (AvgIpc) is 0.773. The van der Waals surface area contributed by atoms with Crippen LogP contribution >= 0.6 is 0 Å². The van der Waals surface area contributed by atoms with Crippen molar-refractivity contribution < 1.29 is 10.2 Å². The number of phenolic OH excluding ortho intramolecular Hbond substituents is 2. The molecule has 0 amide bonds. The van der Waals surface area contributed by atoms with Gasteiger partial charge in [0.25, 0.3) is 0 Å². The molecular weight excluding hydrogens is 1140 g/mol. The van der Waals surface area contributed by atoms with Crippen molar-refractivity contribution in [2.75, 3.05) is 10.6 Å². The van der Waals surface area contributed by atoms with Gasteiger partial charge in [-0.3, -0.25) is 4.90 Å². The van der Waals surface area contributed by atoms with E-state index in [9.17, 15) is 10.2 Å². The van der Waals surface area contributed by atoms with Gasteiger partial charge in [-0.05, 0) is 232 Å². The molecule has 6 heteroatoms. The van der Waals surface area contributed by atoms with Gasteiger partial charge in [0, 0.05) is 58.3 Å². The highest BCUT2D eigenvalue weighted by Gasteiger charge is 2.38. The van der Waals surface area contributed by atoms with Gasteiger partial charge in [-0.15, -0.1) is 0 Å². The Morgan fingerprint density at radius 2 is 0.777 bits per heavy atom. The highest BCUT2D eigenvalue weighted by molar-refractivity contribution is 5.54. The SMILES string of the molecule is CC(C)CC(C)N(Cc1cc(C(C)(C)C)cc(C(C)(C)CCC(C)(C)c2cc(CNC(C)(C)c3ccc(NC(C)(C)c4ccc(CC(C)CC(C)(C)C)cc4)cc3)c(O)c(C(C)(C)C)c2)c1O)C(C)(C)c1ccc(NC(C)(C)c2ccc(CC(C)CC(C)(C)C)cc2)cc1. The summed E-state index contributed by atoms with van der Waals surface area (Å²) in [6.07, 6.45) is 7.37. The number of rotatable bonds is 28. The Hall–Kier alpha value is -5.56. The molecule has 0 bridgehead atoms. The molecule has 6 aromatic carbocycles. The molecule has 0 saturated carbocycles. The van der Waals surface area contributed by atoms with Crippen LogP contribution in [0.3, 0.4) is 0 Å². The third-order valence-electron chi connectivity index (χ3n) is 20.6. The lowest BCUT2D eigenvalue weighted by atomic mass is 9.70. The van der Waals surface area contributed by atoms with Crippen molar-refractivity contribution in [2.24, 2.45) is 28.6 Å². The van der Waals surface area contributed by atoms with E-state index in [0.717, 1.165) is 65.7 Å². The van der Waals surface area contributed by atoms with Gasteiger partial charge in [0.05, 0.1) is 11.1 Å². The highest BCUT2D eigenvalue weighted by Crippen LogP contribution is 2.47. The zero-order chi connectivity index (χ0) is 70.8. The van der Waals surface area contributed by atoms with Gasteiger partial charge in [-0.25, -0.2) is 0 Å². The first-order valence-corrected chi connectivity index (χ1v) is 36.1. The topological polar surface area (TPSA) is 79.8 Å². The van der Waals surface area contributed by atoms with E-state index < -0.39 is 0 Å². The number of hydrogen-bond donors (Lipinski definition) is 5. The van der Waals surface area contributed by atoms with Crippen LogP contribution in [0.2, 0.25) is 0 Å². The van der Waals surface area contributed by atoms with Crippen LogP contribution in [0.25, 0.3) is 0 Å². The van der Waals surface area contributed by atoms with Gasteiger partial charge in [0.2, 0.25) is 0 Å². The first kappa shape index (κ1) is 77.4. The number of nitrogens with one attached hydrogen (secondary N) is 3. The molecule has 0 fully saturated rings. The second-order valence-corrected chi connectivity index (χ2v) is 37.7. The summed E-state index contributed by atoms with van der Waals surface area (Å²) in [4.78, 5) is 2.64. The van der Waals surface area contributed by atoms with Crippen LogP contribution < -0.4 is 16.0 Å². The Labute approximate surface area is 576 Å². The standard InChI is InChI=1S/C88H134N4O2/c1-59(2)48-62(5)92(88(28,29)70-40-44-74(45-41-70)91-87(26,27)69-36-32-64(33-37-69)50-61(4)56-80(9,10)11)58-66-52-71(81(12,13)14)53-76(78(66)94)84(20,21)47-46-83(18,19)72-51-65(77(93)75(54-72)82(15,16)17)57-89-85(22,23)67-38-42-73(43-39-67)90-86(24,25)68-34-30-63(31-35-68)49-60(3)55-79(6,7)8/h30-45,51-54,59-62,89-91,93-94H,46-50,55-58H2,1-29H3. The van der Waals surface area contributed by atoms with Gasteiger partial charge in [0.15, 0.2) is 0 Å². The van der Waals surface area contributed by atoms with E-state index in [-0.39, 0.29) is 49.9 Å². The lowest BCUT2D eigenvalue weighted by Gasteiger charge is -2.44. The molecule has 518 valence electrons. The molecule has 94 heavy (non-hydrogen) atoms. The number of hydrogen-bond acceptors (Lipinski definition) is 6. The molecule has 3 atom stereocenters. The summed E-state index contributed by atoms with van der Waals surface area (Å²) in [6.45, 7) is 68.0. The molecule has 0 aliphatic heterocycles. The summed E-state index contributed by atoms with van der Waals surface area (Å²) in [5.74, 6) is 2.55. The Morgan fingerprint density at radius 3 is 1.19 bits per heavy atom. The summed E-state index contributed by atoms with van der Waals surface area (Å²) < 4.78 is 0. The molecule has 0 aliphatic rings. The second kappa shape index (κ2) is 29.3. The third-order valence-corrected chi connectivity index (χ3v) is 20.6. The summed E-state index contributed by atoms with van der Waals surface area (Å²) in [6, 6.07) is 45.8. The normalized spacial score (nSPS) is 14.6. The number of anilines is 2. The summed E-state index contributed by atoms with van der Waals surface area (Å²) in [7, 11) is 0. The van der Waals surface area contributed by atoms with E-state index in [0.29, 0.717) is 53.2 Å². The predicted molar refractivity (Wildman–Crippen MR) is 409 cm³/mol. The van der Waals surface area contributed by atoms with Gasteiger partial charge in [-0.2, -0.15) is 0 Å². The van der Waals surface area contributed by atoms with Crippen LogP contribution in [0.4, 0.5) is 11.4 Å². The fourth-order valence-electron chi connectivity index (χ4n) is 14.9. The fraction of sp³-hybridized carbons (Fsp3) is 0.591. The maximum absolute atomic E-state index is 12.9. The Balaban J connectivity index is 1.21. The van der Waals surface area contributed by atoms with Crippen LogP contribution in [0.5, 0.6) is 11.5 Å². The van der Waals surface area contributed by atoms with Gasteiger partial charge in [0.1, 0.15) is 11.5 Å². The van der Waals surface area contributed by atoms with Crippen LogP contribution in [0.1, 0.15) is 300 Å². The van der Waals surface area contributed by atoms with E-state index in [1.165, 1.54) is 57.3 Å². The molecule has 3 unspecified atom stereocenters. The molecular formula is C88H134N4O2. The molecule has 0 saturated heterocycles. The summed E-state index contributed by atoms with van der Waals surface area (Å²) >= 11 is 0. The van der Waals surface area contributed by atoms with Gasteiger partial charge >= 0.3 is 0 Å². The minimum atomic E-state index is -0.389. The maximum atomic E-state index is 12.9. The van der Waals surface area contributed by atoms with Crippen LogP contribution in [-0.2, 0) is 69.7 Å². The molecule has 0 radical (unpaired) electrons. The quantitative estimate of drug-likeness (QED) is 0.0337. The van der Waals surface area contributed by atoms with Crippen molar-refractivity contribution in [1.82, 2.24) is 10.2 Å². The first-order valence-electron chi connectivity index (χ1n) is 36.1. The van der Waals surface area contributed by atoms with Crippen molar-refractivity contribution >= 4 is 11.4 Å². The molecule has 0 aromatic heterocycles. The molecule has 0 spiro atoms. The lowest BCUT2D eigenvalue weighted by molar-refractivity contribution is 0.0542. The average molecular weight is 1280 g/mol. The molecule has 6 aromatic rings. The Morgan fingerprint density at radius 1 is 0.394 bits per heavy atom. The van der Waals surface area contributed by atoms with Crippen molar-refractivity contribution in [3.63, 3.8) is 0 Å². The number of benzene rings is 6. The van der Waals surface area contributed by atoms with Gasteiger partial charge < -0.3 is 26.2 Å². The maximum Gasteiger partial charge on any atom is 0.123 e. The Kier molecular flexibility index (Phi) is 24.1. The van der Waals surface area contributed by atoms with Crippen molar-refractivity contribution in [1.29, 1.82) is 0 Å². The number of aromatic hydroxyl groups is 2. The molecule has 5 N–H and O–H groups in total. The lowest BCUT2D eigenvalue weighted by Crippen LogP contribution is -2.47. The zero-order valence-electron chi connectivity index (χ0n) is 65.1. The molecule has 0 heterocycles. The van der Waals surface area contributed by atoms with Gasteiger partial charge in [-0.1, -0.05) is 236 Å². The first-order chi connectivity index (χ1) is 42.9. The zero-order valence-corrected chi connectivity index (χ0v) is 65.1. The van der Waals surface area contributed by atoms with E-state index in [2.05, 4.69) is 343 Å². The number of phenols is 2. The fourth-order valence-corrected chi connectivity index (χ4v) is 14.9. The molecule has 6 rings (SSSR count). The van der Waals surface area contributed by atoms with Crippen molar-refractivity contribution in [3.05, 3.63) is 188 Å². The van der Waals surface area contributed by atoms with E-state index in [1.54, 1.807) is 0 Å². The smallest absolute Gasteiger partial charge is 0.123 e. The van der Waals surface area contributed by atoms with Crippen LogP contribution in [0.15, 0.2) is 121 Å². The minimum Gasteiger partial charge on any atom is -0.507 e. The van der Waals surface area contributed by atoms with Crippen LogP contribution in [-0.4, -0.2) is 21.2 Å². The van der Waals surface area contributed by atoms with Crippen molar-refractivity contribution in [3.8, 4) is 11.5 Å². The minimum absolute atomic E-state index is 0.148. The largest absolute Gasteiger partial charge is 0.507 e. The van der Waals surface area contributed by atoms with Crippen molar-refractivity contribution in [2.45, 2.75) is 309 Å². The van der Waals surface area contributed by atoms with Crippen LogP contribution in [0, 0.1) is 28.6 Å². The Bertz CT molecular complexity index is 3400. The van der Waals surface area contributed by atoms with E-state index in [4.69, 9.17) is 0 Å². The monoisotopic (exact) mass is 1280 g/mol. The predicted octanol–water partition coefficient (Wildman–Crippen LogP) is 23.8. The van der Waals surface area contributed by atoms with E-state index >= 15 is 0 Å². The van der Waals surface area contributed by atoms with E-state index in [1.807, 2.05) is 0 Å². The highest BCUT2D eigenvalue weighted by atomic mass is 16.3. The molecule has 6 nitrogen and oxygen atoms in total. The summed E-state index contributed by atoms with van der Waals surface area (Å²) in [5, 5.41) is 36.7. The molecule has 0 aliphatic carbocycles. The second-order valence-electron chi connectivity index (χ2n) is 37.7. The number of nitrogens with zero attached hydrogens (tertiary/aromatic N) is 1.